The van der Waals surface area contributed by atoms with E-state index in [9.17, 15) is 4.79 Å². The van der Waals surface area contributed by atoms with Crippen molar-refractivity contribution in [1.29, 1.82) is 0 Å². The predicted molar refractivity (Wildman–Crippen MR) is 77.2 cm³/mol. The molecular formula is C15H26N2O2. The minimum atomic E-state index is -0.0884. The van der Waals surface area contributed by atoms with Crippen molar-refractivity contribution in [2.75, 3.05) is 6.54 Å². The van der Waals surface area contributed by atoms with E-state index < -0.39 is 0 Å². The van der Waals surface area contributed by atoms with Crippen molar-refractivity contribution in [3.8, 4) is 0 Å². The highest BCUT2D eigenvalue weighted by Gasteiger charge is 2.06. The molecule has 4 heteroatoms. The number of carbonyl (C=O) groups excluding carboxylic acids is 1. The smallest absolute Gasteiger partial charge is 0.315 e. The van der Waals surface area contributed by atoms with Gasteiger partial charge in [0, 0.05) is 19.0 Å². The van der Waals surface area contributed by atoms with Gasteiger partial charge in [-0.05, 0) is 25.5 Å². The minimum Gasteiger partial charge on any atom is -0.469 e. The number of hydrogen-bond acceptors (Lipinski definition) is 2. The molecule has 0 saturated carbocycles. The van der Waals surface area contributed by atoms with Crippen LogP contribution in [0.5, 0.6) is 0 Å². The highest BCUT2D eigenvalue weighted by molar-refractivity contribution is 5.74. The average molecular weight is 266 g/mol. The number of furan rings is 1. The number of carbonyl (C=O) groups is 1. The number of hydrogen-bond donors (Lipinski definition) is 2. The van der Waals surface area contributed by atoms with Crippen molar-refractivity contribution in [2.45, 2.75) is 58.4 Å². The van der Waals surface area contributed by atoms with Gasteiger partial charge in [-0.1, -0.05) is 32.6 Å². The summed E-state index contributed by atoms with van der Waals surface area (Å²) < 4.78 is 5.20. The first kappa shape index (κ1) is 15.6. The molecule has 1 rings (SSSR count). The summed E-state index contributed by atoms with van der Waals surface area (Å²) >= 11 is 0. The van der Waals surface area contributed by atoms with Gasteiger partial charge in [-0.25, -0.2) is 4.79 Å². The molecule has 0 aromatic carbocycles. The molecule has 4 nitrogen and oxygen atoms in total. The molecular weight excluding hydrogens is 240 g/mol. The van der Waals surface area contributed by atoms with E-state index in [1.807, 2.05) is 12.1 Å². The molecule has 0 fully saturated rings. The molecule has 0 bridgehead atoms. The van der Waals surface area contributed by atoms with E-state index in [4.69, 9.17) is 4.42 Å². The second-order valence-electron chi connectivity index (χ2n) is 4.98. The molecule has 1 aromatic heterocycles. The Hall–Kier alpha value is -1.45. The molecule has 0 aliphatic carbocycles. The van der Waals surface area contributed by atoms with Gasteiger partial charge >= 0.3 is 6.03 Å². The molecule has 0 aliphatic heterocycles. The van der Waals surface area contributed by atoms with Crippen LogP contribution in [0.4, 0.5) is 4.79 Å². The summed E-state index contributed by atoms with van der Waals surface area (Å²) in [7, 11) is 0. The third-order valence-corrected chi connectivity index (χ3v) is 3.11. The Morgan fingerprint density at radius 2 is 2.21 bits per heavy atom. The molecule has 0 saturated heterocycles. The Morgan fingerprint density at radius 1 is 1.37 bits per heavy atom. The fourth-order valence-electron chi connectivity index (χ4n) is 1.98. The summed E-state index contributed by atoms with van der Waals surface area (Å²) in [6.07, 6.45) is 8.38. The van der Waals surface area contributed by atoms with Crippen LogP contribution in [0.3, 0.4) is 0 Å². The van der Waals surface area contributed by atoms with Gasteiger partial charge in [0.25, 0.3) is 0 Å². The second-order valence-corrected chi connectivity index (χ2v) is 4.98. The second kappa shape index (κ2) is 9.48. The average Bonchev–Trinajstić information content (AvgIpc) is 2.88. The first-order valence-corrected chi connectivity index (χ1v) is 7.29. The van der Waals surface area contributed by atoms with Crippen molar-refractivity contribution in [2.24, 2.45) is 0 Å². The molecule has 19 heavy (non-hydrogen) atoms. The lowest BCUT2D eigenvalue weighted by atomic mass is 10.1. The first-order chi connectivity index (χ1) is 9.22. The van der Waals surface area contributed by atoms with Crippen LogP contribution >= 0.6 is 0 Å². The van der Waals surface area contributed by atoms with E-state index in [1.165, 1.54) is 25.7 Å². The maximum atomic E-state index is 11.6. The van der Waals surface area contributed by atoms with E-state index in [0.717, 1.165) is 18.6 Å². The molecule has 1 aromatic rings. The number of urea groups is 1. The van der Waals surface area contributed by atoms with Crippen LogP contribution in [-0.2, 0) is 6.42 Å². The van der Waals surface area contributed by atoms with Crippen LogP contribution in [-0.4, -0.2) is 18.6 Å². The highest BCUT2D eigenvalue weighted by atomic mass is 16.3. The largest absolute Gasteiger partial charge is 0.469 e. The van der Waals surface area contributed by atoms with Gasteiger partial charge in [0.05, 0.1) is 6.26 Å². The standard InChI is InChI=1S/C15H26N2O2/c1-3-4-5-6-8-13(2)17-15(18)16-11-10-14-9-7-12-19-14/h7,9,12-13H,3-6,8,10-11H2,1-2H3,(H2,16,17,18). The van der Waals surface area contributed by atoms with E-state index in [1.54, 1.807) is 6.26 Å². The Morgan fingerprint density at radius 3 is 2.89 bits per heavy atom. The van der Waals surface area contributed by atoms with E-state index in [0.29, 0.717) is 6.54 Å². The van der Waals surface area contributed by atoms with Crippen molar-refractivity contribution in [3.63, 3.8) is 0 Å². The summed E-state index contributed by atoms with van der Waals surface area (Å²) in [5.41, 5.74) is 0. The molecule has 0 spiro atoms. The van der Waals surface area contributed by atoms with Gasteiger partial charge in [0.15, 0.2) is 0 Å². The molecule has 1 unspecified atom stereocenters. The Bertz CT molecular complexity index is 336. The van der Waals surface area contributed by atoms with E-state index in [-0.39, 0.29) is 12.1 Å². The fourth-order valence-corrected chi connectivity index (χ4v) is 1.98. The van der Waals surface area contributed by atoms with Crippen LogP contribution in [0.15, 0.2) is 22.8 Å². The van der Waals surface area contributed by atoms with Crippen LogP contribution in [0.2, 0.25) is 0 Å². The Kier molecular flexibility index (Phi) is 7.78. The van der Waals surface area contributed by atoms with Gasteiger partial charge in [0.2, 0.25) is 0 Å². The van der Waals surface area contributed by atoms with E-state index >= 15 is 0 Å². The third-order valence-electron chi connectivity index (χ3n) is 3.11. The van der Waals surface area contributed by atoms with Crippen molar-refractivity contribution < 1.29 is 9.21 Å². The van der Waals surface area contributed by atoms with Crippen LogP contribution in [0, 0.1) is 0 Å². The number of nitrogens with one attached hydrogen (secondary N) is 2. The number of rotatable bonds is 9. The zero-order valence-corrected chi connectivity index (χ0v) is 12.1. The lowest BCUT2D eigenvalue weighted by Gasteiger charge is -2.14. The summed E-state index contributed by atoms with van der Waals surface area (Å²) in [5.74, 6) is 0.896. The van der Waals surface area contributed by atoms with Gasteiger partial charge < -0.3 is 15.1 Å². The van der Waals surface area contributed by atoms with Crippen LogP contribution in [0.1, 0.15) is 51.7 Å². The monoisotopic (exact) mass is 266 g/mol. The van der Waals surface area contributed by atoms with Crippen molar-refractivity contribution in [1.82, 2.24) is 10.6 Å². The topological polar surface area (TPSA) is 54.3 Å². The van der Waals surface area contributed by atoms with Gasteiger partial charge in [-0.2, -0.15) is 0 Å². The summed E-state index contributed by atoms with van der Waals surface area (Å²) in [6, 6.07) is 3.92. The third kappa shape index (κ3) is 7.54. The summed E-state index contributed by atoms with van der Waals surface area (Å²) in [4.78, 5) is 11.6. The van der Waals surface area contributed by atoms with Crippen molar-refractivity contribution >= 4 is 6.03 Å². The van der Waals surface area contributed by atoms with Crippen LogP contribution < -0.4 is 10.6 Å². The summed E-state index contributed by atoms with van der Waals surface area (Å²) in [6.45, 7) is 4.86. The fraction of sp³-hybridized carbons (Fsp3) is 0.667. The van der Waals surface area contributed by atoms with Gasteiger partial charge in [-0.15, -0.1) is 0 Å². The lowest BCUT2D eigenvalue weighted by molar-refractivity contribution is 0.237. The molecule has 2 amide bonds. The zero-order chi connectivity index (χ0) is 13.9. The molecule has 108 valence electrons. The maximum Gasteiger partial charge on any atom is 0.315 e. The van der Waals surface area contributed by atoms with Gasteiger partial charge in [-0.3, -0.25) is 0 Å². The molecule has 1 atom stereocenters. The summed E-state index contributed by atoms with van der Waals surface area (Å²) in [5, 5.41) is 5.80. The Balaban J connectivity index is 2.03. The molecule has 0 radical (unpaired) electrons. The molecule has 2 N–H and O–H groups in total. The number of amides is 2. The highest BCUT2D eigenvalue weighted by Crippen LogP contribution is 2.05. The van der Waals surface area contributed by atoms with E-state index in [2.05, 4.69) is 24.5 Å². The SMILES string of the molecule is CCCCCCC(C)NC(=O)NCCc1ccco1. The van der Waals surface area contributed by atoms with Crippen molar-refractivity contribution in [3.05, 3.63) is 24.2 Å². The normalized spacial score (nSPS) is 12.1. The minimum absolute atomic E-state index is 0.0884. The first-order valence-electron chi connectivity index (χ1n) is 7.29. The lowest BCUT2D eigenvalue weighted by Crippen LogP contribution is -2.41. The quantitative estimate of drug-likeness (QED) is 0.672. The van der Waals surface area contributed by atoms with Crippen LogP contribution in [0.25, 0.3) is 0 Å². The zero-order valence-electron chi connectivity index (χ0n) is 12.1. The predicted octanol–water partition coefficient (Wildman–Crippen LogP) is 3.48. The molecule has 0 aliphatic rings. The van der Waals surface area contributed by atoms with Gasteiger partial charge in [0.1, 0.15) is 5.76 Å². The maximum absolute atomic E-state index is 11.6. The molecule has 1 heterocycles. The number of unbranched alkanes of at least 4 members (excludes halogenated alkanes) is 3. The Labute approximate surface area is 116 Å².